The minimum absolute atomic E-state index is 0.0443. The number of sulfonamides is 1. The molecule has 0 aliphatic carbocycles. The van der Waals surface area contributed by atoms with Crippen LogP contribution in [0.25, 0.3) is 0 Å². The molecule has 1 atom stereocenters. The minimum atomic E-state index is -3.71. The first-order valence-electron chi connectivity index (χ1n) is 9.11. The Morgan fingerprint density at radius 2 is 1.81 bits per heavy atom. The van der Waals surface area contributed by atoms with E-state index in [0.29, 0.717) is 0 Å². The number of benzene rings is 1. The molecule has 0 saturated heterocycles. The van der Waals surface area contributed by atoms with Crippen LogP contribution < -0.4 is 0 Å². The molecule has 0 bridgehead atoms. The van der Waals surface area contributed by atoms with Crippen molar-refractivity contribution in [3.05, 3.63) is 42.5 Å². The lowest BCUT2D eigenvalue weighted by molar-refractivity contribution is 0.224. The average Bonchev–Trinajstić information content (AvgIpc) is 2.57. The molecule has 0 amide bonds. The number of hydrogen-bond acceptors (Lipinski definition) is 3. The van der Waals surface area contributed by atoms with Gasteiger partial charge in [0.25, 0.3) is 0 Å². The zero-order valence-electron chi connectivity index (χ0n) is 17.7. The Morgan fingerprint density at radius 1 is 1.26 bits per heavy atom. The third-order valence-electron chi connectivity index (χ3n) is 5.10. The van der Waals surface area contributed by atoms with Gasteiger partial charge in [-0.3, -0.25) is 0 Å². The van der Waals surface area contributed by atoms with Gasteiger partial charge in [-0.15, -0.1) is 12.5 Å². The van der Waals surface area contributed by atoms with Crippen LogP contribution in [0, 0.1) is 18.8 Å². The zero-order valence-corrected chi connectivity index (χ0v) is 19.5. The molecular weight excluding hydrogens is 374 g/mol. The first kappa shape index (κ1) is 23.6. The Bertz CT molecular complexity index is 797. The maximum absolute atomic E-state index is 13.2. The van der Waals surface area contributed by atoms with Crippen LogP contribution in [0.5, 0.6) is 0 Å². The van der Waals surface area contributed by atoms with Gasteiger partial charge in [-0.2, -0.15) is 4.31 Å². The van der Waals surface area contributed by atoms with Gasteiger partial charge in [0.2, 0.25) is 10.0 Å². The summed E-state index contributed by atoms with van der Waals surface area (Å²) in [5, 5.41) is 0.0443. The Kier molecular flexibility index (Phi) is 8.06. The van der Waals surface area contributed by atoms with Crippen molar-refractivity contribution < 1.29 is 12.8 Å². The number of nitrogens with zero attached hydrogens (tertiary/aromatic N) is 1. The van der Waals surface area contributed by atoms with Crippen LogP contribution in [0.3, 0.4) is 0 Å². The Labute approximate surface area is 166 Å². The molecule has 27 heavy (non-hydrogen) atoms. The fraction of sp³-hybridized carbons (Fsp3) is 0.524. The van der Waals surface area contributed by atoms with Crippen molar-refractivity contribution >= 4 is 18.3 Å². The molecule has 0 N–H and O–H groups in total. The number of hydrogen-bond donors (Lipinski definition) is 0. The Hall–Kier alpha value is -1.39. The molecular formula is C21H33NO3SSi. The third kappa shape index (κ3) is 6.05. The van der Waals surface area contributed by atoms with Crippen LogP contribution in [0.15, 0.2) is 41.8 Å². The maximum Gasteiger partial charge on any atom is 0.244 e. The topological polar surface area (TPSA) is 46.6 Å². The summed E-state index contributed by atoms with van der Waals surface area (Å²) in [6.45, 7) is 18.6. The molecule has 0 saturated carbocycles. The van der Waals surface area contributed by atoms with Crippen molar-refractivity contribution in [2.75, 3.05) is 13.2 Å². The number of rotatable bonds is 8. The minimum Gasteiger partial charge on any atom is -0.415 e. The van der Waals surface area contributed by atoms with Crippen LogP contribution in [0.1, 0.15) is 33.3 Å². The molecule has 1 aromatic carbocycles. The first-order valence-corrected chi connectivity index (χ1v) is 13.5. The highest BCUT2D eigenvalue weighted by molar-refractivity contribution is 7.89. The van der Waals surface area contributed by atoms with E-state index >= 15 is 0 Å². The lowest BCUT2D eigenvalue weighted by Gasteiger charge is -2.38. The predicted octanol–water partition coefficient (Wildman–Crippen LogP) is 4.59. The van der Waals surface area contributed by atoms with Crippen molar-refractivity contribution in [2.24, 2.45) is 0 Å². The van der Waals surface area contributed by atoms with E-state index in [2.05, 4.69) is 52.3 Å². The standard InChI is InChI=1S/C21H33NO3SSi/c1-9-11-16-22(26(23,24)20-14-12-18(3)13-15-20)19(10-2)17-25-27(7,8)21(4,5)6/h10,12-15,19H,2,16-17H2,1,3-8H3. The van der Waals surface area contributed by atoms with Crippen molar-refractivity contribution in [1.29, 1.82) is 0 Å². The Balaban J connectivity index is 3.20. The van der Waals surface area contributed by atoms with Gasteiger partial charge in [0, 0.05) is 0 Å². The average molecular weight is 408 g/mol. The molecule has 1 unspecified atom stereocenters. The fourth-order valence-electron chi connectivity index (χ4n) is 2.16. The van der Waals surface area contributed by atoms with E-state index in [1.54, 1.807) is 37.3 Å². The molecule has 0 fully saturated rings. The summed E-state index contributed by atoms with van der Waals surface area (Å²) < 4.78 is 34.1. The molecule has 4 nitrogen and oxygen atoms in total. The second kappa shape index (κ2) is 9.20. The second-order valence-electron chi connectivity index (χ2n) is 8.16. The molecule has 0 aliphatic heterocycles. The smallest absolute Gasteiger partial charge is 0.244 e. The molecule has 0 spiro atoms. The van der Waals surface area contributed by atoms with Gasteiger partial charge >= 0.3 is 0 Å². The summed E-state index contributed by atoms with van der Waals surface area (Å²) in [6.07, 6.45) is 1.64. The molecule has 0 aromatic heterocycles. The summed E-state index contributed by atoms with van der Waals surface area (Å²) in [5.41, 5.74) is 1.01. The molecule has 6 heteroatoms. The van der Waals surface area contributed by atoms with Gasteiger partial charge in [0.1, 0.15) is 0 Å². The lowest BCUT2D eigenvalue weighted by atomic mass is 10.2. The monoisotopic (exact) mass is 407 g/mol. The summed E-state index contributed by atoms with van der Waals surface area (Å²) in [7, 11) is -5.72. The van der Waals surface area contributed by atoms with Crippen LogP contribution in [0.2, 0.25) is 18.1 Å². The molecule has 1 rings (SSSR count). The van der Waals surface area contributed by atoms with E-state index in [4.69, 9.17) is 4.43 Å². The van der Waals surface area contributed by atoms with E-state index in [0.717, 1.165) is 5.56 Å². The predicted molar refractivity (Wildman–Crippen MR) is 116 cm³/mol. The largest absolute Gasteiger partial charge is 0.415 e. The van der Waals surface area contributed by atoms with Crippen molar-refractivity contribution in [3.63, 3.8) is 0 Å². The quantitative estimate of drug-likeness (QED) is 0.360. The van der Waals surface area contributed by atoms with Crippen LogP contribution >= 0.6 is 0 Å². The van der Waals surface area contributed by atoms with Gasteiger partial charge in [-0.05, 0) is 44.1 Å². The van der Waals surface area contributed by atoms with Crippen LogP contribution in [-0.2, 0) is 14.4 Å². The SMILES string of the molecule is C=CC(CO[Si](C)(C)C(C)(C)C)N(CC#CC)S(=O)(=O)c1ccc(C)cc1. The van der Waals surface area contributed by atoms with E-state index in [9.17, 15) is 8.42 Å². The molecule has 150 valence electrons. The summed E-state index contributed by atoms with van der Waals surface area (Å²) >= 11 is 0. The molecule has 1 aromatic rings. The molecule has 0 radical (unpaired) electrons. The molecule has 0 aliphatic rings. The molecule has 0 heterocycles. The summed E-state index contributed by atoms with van der Waals surface area (Å²) in [6, 6.07) is 6.38. The summed E-state index contributed by atoms with van der Waals surface area (Å²) in [5.74, 6) is 5.67. The van der Waals surface area contributed by atoms with Gasteiger partial charge in [-0.25, -0.2) is 8.42 Å². The van der Waals surface area contributed by atoms with E-state index in [-0.39, 0.29) is 23.1 Å². The third-order valence-corrected chi connectivity index (χ3v) is 11.5. The van der Waals surface area contributed by atoms with Crippen molar-refractivity contribution in [1.82, 2.24) is 4.31 Å². The van der Waals surface area contributed by atoms with Gasteiger partial charge in [0.05, 0.1) is 24.1 Å². The van der Waals surface area contributed by atoms with E-state index in [1.165, 1.54) is 4.31 Å². The van der Waals surface area contributed by atoms with Crippen molar-refractivity contribution in [2.45, 2.75) is 63.7 Å². The second-order valence-corrected chi connectivity index (χ2v) is 14.9. The zero-order chi connectivity index (χ0) is 20.9. The van der Waals surface area contributed by atoms with Gasteiger partial charge < -0.3 is 4.43 Å². The number of aryl methyl sites for hydroxylation is 1. The highest BCUT2D eigenvalue weighted by Crippen LogP contribution is 2.36. The van der Waals surface area contributed by atoms with E-state index in [1.807, 2.05) is 6.92 Å². The van der Waals surface area contributed by atoms with Gasteiger partial charge in [0.15, 0.2) is 8.32 Å². The summed E-state index contributed by atoms with van der Waals surface area (Å²) in [4.78, 5) is 0.255. The van der Waals surface area contributed by atoms with Crippen LogP contribution in [0.4, 0.5) is 0 Å². The Morgan fingerprint density at radius 3 is 2.26 bits per heavy atom. The van der Waals surface area contributed by atoms with Crippen molar-refractivity contribution in [3.8, 4) is 11.8 Å². The first-order chi connectivity index (χ1) is 12.4. The highest BCUT2D eigenvalue weighted by Gasteiger charge is 2.39. The lowest BCUT2D eigenvalue weighted by Crippen LogP contribution is -2.47. The van der Waals surface area contributed by atoms with Crippen LogP contribution in [-0.4, -0.2) is 40.2 Å². The highest BCUT2D eigenvalue weighted by atomic mass is 32.2. The maximum atomic E-state index is 13.2. The fourth-order valence-corrected chi connectivity index (χ4v) is 4.67. The van der Waals surface area contributed by atoms with E-state index < -0.39 is 24.4 Å². The normalized spacial score (nSPS) is 13.8. The van der Waals surface area contributed by atoms with Gasteiger partial charge in [-0.1, -0.05) is 50.5 Å².